The predicted molar refractivity (Wildman–Crippen MR) is 119 cm³/mol. The number of hydrogen-bond donors (Lipinski definition) is 3. The topological polar surface area (TPSA) is 96.5 Å². The van der Waals surface area contributed by atoms with Gasteiger partial charge in [-0.1, -0.05) is 19.9 Å². The van der Waals surface area contributed by atoms with Gasteiger partial charge in [-0.25, -0.2) is 4.79 Å². The molecule has 0 aromatic heterocycles. The van der Waals surface area contributed by atoms with Crippen LogP contribution in [0.15, 0.2) is 42.5 Å². The van der Waals surface area contributed by atoms with Gasteiger partial charge in [-0.05, 0) is 69.7 Å². The molecule has 3 N–H and O–H groups in total. The van der Waals surface area contributed by atoms with E-state index in [2.05, 4.69) is 16.0 Å². The molecule has 0 aliphatic rings. The first-order chi connectivity index (χ1) is 13.9. The summed E-state index contributed by atoms with van der Waals surface area (Å²) in [4.78, 5) is 36.4. The van der Waals surface area contributed by atoms with Crippen LogP contribution >= 0.6 is 0 Å². The van der Waals surface area contributed by atoms with Crippen molar-refractivity contribution in [3.63, 3.8) is 0 Å². The summed E-state index contributed by atoms with van der Waals surface area (Å²) in [5.41, 5.74) is 2.46. The number of carbonyl (C=O) groups excluding carboxylic acids is 3. The Morgan fingerprint density at radius 3 is 2.03 bits per heavy atom. The fraction of sp³-hybridized carbons (Fsp3) is 0.348. The van der Waals surface area contributed by atoms with Crippen LogP contribution in [0.4, 0.5) is 21.9 Å². The second kappa shape index (κ2) is 9.43. The van der Waals surface area contributed by atoms with E-state index in [1.54, 1.807) is 57.2 Å². The number of benzene rings is 2. The maximum Gasteiger partial charge on any atom is 0.412 e. The number of ether oxygens (including phenoxy) is 1. The summed E-state index contributed by atoms with van der Waals surface area (Å²) in [6.45, 7) is 10.8. The van der Waals surface area contributed by atoms with Crippen molar-refractivity contribution in [3.05, 3.63) is 53.6 Å². The average Bonchev–Trinajstić information content (AvgIpc) is 2.63. The fourth-order valence-corrected chi connectivity index (χ4v) is 2.44. The Balaban J connectivity index is 2.05. The van der Waals surface area contributed by atoms with Crippen molar-refractivity contribution in [1.82, 2.24) is 0 Å². The molecule has 0 fully saturated rings. The summed E-state index contributed by atoms with van der Waals surface area (Å²) in [7, 11) is 0. The van der Waals surface area contributed by atoms with Gasteiger partial charge in [-0.3, -0.25) is 14.9 Å². The third kappa shape index (κ3) is 6.92. The van der Waals surface area contributed by atoms with Crippen molar-refractivity contribution < 1.29 is 19.1 Å². The van der Waals surface area contributed by atoms with E-state index in [-0.39, 0.29) is 17.7 Å². The number of anilines is 3. The Morgan fingerprint density at radius 2 is 1.47 bits per heavy atom. The highest BCUT2D eigenvalue weighted by Gasteiger charge is 2.16. The molecule has 0 unspecified atom stereocenters. The average molecular weight is 412 g/mol. The highest BCUT2D eigenvalue weighted by atomic mass is 16.6. The van der Waals surface area contributed by atoms with Gasteiger partial charge >= 0.3 is 6.09 Å². The van der Waals surface area contributed by atoms with Gasteiger partial charge in [0.1, 0.15) is 5.60 Å². The third-order valence-electron chi connectivity index (χ3n) is 4.07. The molecule has 0 atom stereocenters. The zero-order valence-electron chi connectivity index (χ0n) is 18.3. The maximum atomic E-state index is 12.6. The molecular weight excluding hydrogens is 382 g/mol. The van der Waals surface area contributed by atoms with Crippen molar-refractivity contribution in [1.29, 1.82) is 0 Å². The molecule has 0 aliphatic carbocycles. The molecule has 2 rings (SSSR count). The molecule has 0 radical (unpaired) electrons. The van der Waals surface area contributed by atoms with E-state index in [4.69, 9.17) is 4.74 Å². The normalized spacial score (nSPS) is 11.0. The van der Waals surface area contributed by atoms with Crippen LogP contribution in [-0.4, -0.2) is 23.5 Å². The van der Waals surface area contributed by atoms with Crippen LogP contribution in [0, 0.1) is 12.8 Å². The number of aryl methyl sites for hydroxylation is 1. The minimum Gasteiger partial charge on any atom is -0.444 e. The quantitative estimate of drug-likeness (QED) is 0.631. The fourth-order valence-electron chi connectivity index (χ4n) is 2.44. The molecule has 7 heteroatoms. The lowest BCUT2D eigenvalue weighted by Crippen LogP contribution is -2.27. The van der Waals surface area contributed by atoms with Crippen LogP contribution in [0.1, 0.15) is 50.5 Å². The van der Waals surface area contributed by atoms with Gasteiger partial charge in [0.05, 0.1) is 0 Å². The van der Waals surface area contributed by atoms with Crippen molar-refractivity contribution in [3.8, 4) is 0 Å². The van der Waals surface area contributed by atoms with Crippen molar-refractivity contribution >= 4 is 35.0 Å². The minimum absolute atomic E-state index is 0.0933. The van der Waals surface area contributed by atoms with Gasteiger partial charge in [0.15, 0.2) is 0 Å². The molecule has 0 bridgehead atoms. The van der Waals surface area contributed by atoms with E-state index in [1.165, 1.54) is 0 Å². The van der Waals surface area contributed by atoms with Crippen LogP contribution in [0.2, 0.25) is 0 Å². The zero-order chi connectivity index (χ0) is 22.5. The van der Waals surface area contributed by atoms with Crippen LogP contribution in [0.3, 0.4) is 0 Å². The first kappa shape index (κ1) is 22.9. The van der Waals surface area contributed by atoms with Crippen molar-refractivity contribution in [2.75, 3.05) is 16.0 Å². The molecular formula is C23H29N3O4. The first-order valence-electron chi connectivity index (χ1n) is 9.77. The molecule has 2 aromatic rings. The smallest absolute Gasteiger partial charge is 0.412 e. The molecule has 0 heterocycles. The van der Waals surface area contributed by atoms with E-state index in [9.17, 15) is 14.4 Å². The summed E-state index contributed by atoms with van der Waals surface area (Å²) >= 11 is 0. The zero-order valence-corrected chi connectivity index (χ0v) is 18.3. The lowest BCUT2D eigenvalue weighted by atomic mass is 10.1. The Labute approximate surface area is 177 Å². The Bertz CT molecular complexity index is 928. The Hall–Kier alpha value is -3.35. The minimum atomic E-state index is -0.592. The molecule has 30 heavy (non-hydrogen) atoms. The monoisotopic (exact) mass is 411 g/mol. The SMILES string of the molecule is Cc1ccc(NC(=O)C(C)C)cc1NC(=O)c1ccc(NC(=O)OC(C)(C)C)cc1. The number of amides is 3. The molecule has 160 valence electrons. The second-order valence-corrected chi connectivity index (χ2v) is 8.33. The summed E-state index contributed by atoms with van der Waals surface area (Å²) in [5.74, 6) is -0.532. The molecule has 7 nitrogen and oxygen atoms in total. The number of nitrogens with one attached hydrogen (secondary N) is 3. The molecule has 3 amide bonds. The predicted octanol–water partition coefficient (Wildman–Crippen LogP) is 5.19. The molecule has 0 aliphatic heterocycles. The third-order valence-corrected chi connectivity index (χ3v) is 4.07. The molecule has 0 saturated carbocycles. The van der Waals surface area contributed by atoms with Gasteiger partial charge in [0, 0.05) is 28.5 Å². The van der Waals surface area contributed by atoms with Crippen molar-refractivity contribution in [2.24, 2.45) is 5.92 Å². The van der Waals surface area contributed by atoms with E-state index in [1.807, 2.05) is 26.8 Å². The standard InChI is InChI=1S/C23H29N3O4/c1-14(2)20(27)24-18-10-7-15(3)19(13-18)26-21(28)16-8-11-17(12-9-16)25-22(29)30-23(4,5)6/h7-14H,1-6H3,(H,24,27)(H,25,29)(H,26,28). The first-order valence-corrected chi connectivity index (χ1v) is 9.77. The van der Waals surface area contributed by atoms with Crippen molar-refractivity contribution in [2.45, 2.75) is 47.1 Å². The summed E-state index contributed by atoms with van der Waals surface area (Å²) in [5, 5.41) is 8.30. The second-order valence-electron chi connectivity index (χ2n) is 8.33. The number of rotatable bonds is 5. The summed E-state index contributed by atoms with van der Waals surface area (Å²) < 4.78 is 5.21. The Kier molecular flexibility index (Phi) is 7.21. The highest BCUT2D eigenvalue weighted by Crippen LogP contribution is 2.22. The van der Waals surface area contributed by atoms with Gasteiger partial charge in [-0.2, -0.15) is 0 Å². The largest absolute Gasteiger partial charge is 0.444 e. The lowest BCUT2D eigenvalue weighted by molar-refractivity contribution is -0.118. The highest BCUT2D eigenvalue weighted by molar-refractivity contribution is 6.05. The van der Waals surface area contributed by atoms with Gasteiger partial charge in [0.2, 0.25) is 5.91 Å². The van der Waals surface area contributed by atoms with Crippen LogP contribution in [0.25, 0.3) is 0 Å². The lowest BCUT2D eigenvalue weighted by Gasteiger charge is -2.19. The Morgan fingerprint density at radius 1 is 0.867 bits per heavy atom. The number of carbonyl (C=O) groups is 3. The van der Waals surface area contributed by atoms with Crippen LogP contribution < -0.4 is 16.0 Å². The molecule has 0 spiro atoms. The summed E-state index contributed by atoms with van der Waals surface area (Å²) in [6, 6.07) is 11.8. The van der Waals surface area contributed by atoms with Gasteiger partial charge < -0.3 is 15.4 Å². The van der Waals surface area contributed by atoms with E-state index in [0.29, 0.717) is 22.6 Å². The van der Waals surface area contributed by atoms with Crippen LogP contribution in [-0.2, 0) is 9.53 Å². The van der Waals surface area contributed by atoms with E-state index < -0.39 is 11.7 Å². The summed E-state index contributed by atoms with van der Waals surface area (Å²) in [6.07, 6.45) is -0.560. The van der Waals surface area contributed by atoms with E-state index >= 15 is 0 Å². The molecule has 2 aromatic carbocycles. The maximum absolute atomic E-state index is 12.6. The van der Waals surface area contributed by atoms with Gasteiger partial charge in [-0.15, -0.1) is 0 Å². The molecule has 0 saturated heterocycles. The number of hydrogen-bond acceptors (Lipinski definition) is 4. The van der Waals surface area contributed by atoms with Gasteiger partial charge in [0.25, 0.3) is 5.91 Å². The van der Waals surface area contributed by atoms with Crippen LogP contribution in [0.5, 0.6) is 0 Å². The van der Waals surface area contributed by atoms with E-state index in [0.717, 1.165) is 5.56 Å².